The molecular weight excluding hydrogens is 490 g/mol. The van der Waals surface area contributed by atoms with Crippen LogP contribution >= 0.6 is 11.6 Å². The largest absolute Gasteiger partial charge is 0.490 e. The summed E-state index contributed by atoms with van der Waals surface area (Å²) >= 11 is 6.35. The topological polar surface area (TPSA) is 93.3 Å². The minimum Gasteiger partial charge on any atom is -0.490 e. The van der Waals surface area contributed by atoms with E-state index in [4.69, 9.17) is 26.3 Å². The Kier molecular flexibility index (Phi) is 6.82. The Labute approximate surface area is 221 Å². The molecule has 1 aromatic heterocycles. The number of fused-ring (bicyclic) bond motifs is 3. The third kappa shape index (κ3) is 5.57. The first-order valence-electron chi connectivity index (χ1n) is 12.6. The highest BCUT2D eigenvalue weighted by Crippen LogP contribution is 2.37. The lowest BCUT2D eigenvalue weighted by atomic mass is 9.86. The molecule has 0 radical (unpaired) electrons. The van der Waals surface area contributed by atoms with Gasteiger partial charge in [0.05, 0.1) is 36.5 Å². The van der Waals surface area contributed by atoms with Crippen molar-refractivity contribution in [1.29, 1.82) is 5.26 Å². The van der Waals surface area contributed by atoms with E-state index < -0.39 is 11.7 Å². The Hall–Kier alpha value is -3.57. The quantitative estimate of drug-likeness (QED) is 0.412. The van der Waals surface area contributed by atoms with Gasteiger partial charge in [0.1, 0.15) is 17.2 Å². The normalized spacial score (nSPS) is 19.3. The molecule has 2 aliphatic rings. The highest BCUT2D eigenvalue weighted by Gasteiger charge is 2.33. The molecule has 8 nitrogen and oxygen atoms in total. The van der Waals surface area contributed by atoms with E-state index in [0.29, 0.717) is 29.5 Å². The summed E-state index contributed by atoms with van der Waals surface area (Å²) < 4.78 is 13.9. The number of nitrogens with zero attached hydrogens (tertiary/aromatic N) is 5. The van der Waals surface area contributed by atoms with E-state index in [-0.39, 0.29) is 12.0 Å². The molecule has 1 aliphatic heterocycles. The van der Waals surface area contributed by atoms with Gasteiger partial charge in [0.25, 0.3) is 0 Å². The van der Waals surface area contributed by atoms with E-state index in [1.54, 1.807) is 17.0 Å². The van der Waals surface area contributed by atoms with Crippen molar-refractivity contribution in [2.45, 2.75) is 77.2 Å². The van der Waals surface area contributed by atoms with Crippen LogP contribution in [0, 0.1) is 11.3 Å². The van der Waals surface area contributed by atoms with Crippen molar-refractivity contribution in [2.24, 2.45) is 0 Å². The number of halogens is 1. The second kappa shape index (κ2) is 10.1. The molecular formula is C28H30ClN5O3. The van der Waals surface area contributed by atoms with E-state index in [2.05, 4.69) is 20.8 Å². The lowest BCUT2D eigenvalue weighted by Gasteiger charge is -2.29. The van der Waals surface area contributed by atoms with Gasteiger partial charge in [-0.3, -0.25) is 9.47 Å². The van der Waals surface area contributed by atoms with Gasteiger partial charge in [0.2, 0.25) is 0 Å². The molecule has 9 heteroatoms. The summed E-state index contributed by atoms with van der Waals surface area (Å²) in [7, 11) is 0. The van der Waals surface area contributed by atoms with Crippen LogP contribution in [0.2, 0.25) is 5.02 Å². The van der Waals surface area contributed by atoms with Gasteiger partial charge < -0.3 is 9.47 Å². The smallest absolute Gasteiger partial charge is 0.411 e. The lowest BCUT2D eigenvalue weighted by molar-refractivity contribution is 0.0214. The van der Waals surface area contributed by atoms with Crippen molar-refractivity contribution in [2.75, 3.05) is 0 Å². The fourth-order valence-electron chi connectivity index (χ4n) is 5.02. The molecule has 1 amide bonds. The maximum absolute atomic E-state index is 13.0. The second-order valence-electron chi connectivity index (χ2n) is 10.7. The summed E-state index contributed by atoms with van der Waals surface area (Å²) in [6.45, 7) is 6.23. The Morgan fingerprint density at radius 2 is 1.86 bits per heavy atom. The van der Waals surface area contributed by atoms with E-state index in [1.807, 2.05) is 51.1 Å². The first-order chi connectivity index (χ1) is 17.7. The minimum absolute atomic E-state index is 0.0884. The maximum Gasteiger partial charge on any atom is 0.411 e. The molecule has 0 saturated heterocycles. The van der Waals surface area contributed by atoms with Crippen LogP contribution < -0.4 is 4.74 Å². The molecule has 2 aromatic carbocycles. The Morgan fingerprint density at radius 3 is 2.59 bits per heavy atom. The number of carbonyl (C=O) groups is 1. The number of amides is 1. The Bertz CT molecular complexity index is 1350. The van der Waals surface area contributed by atoms with Crippen LogP contribution in [0.5, 0.6) is 5.75 Å². The number of rotatable bonds is 3. The number of nitriles is 1. The highest BCUT2D eigenvalue weighted by molar-refractivity contribution is 6.30. The van der Waals surface area contributed by atoms with Gasteiger partial charge in [-0.15, -0.1) is 10.2 Å². The molecule has 0 bridgehead atoms. The third-order valence-corrected chi connectivity index (χ3v) is 6.92. The van der Waals surface area contributed by atoms with Crippen LogP contribution in [0.4, 0.5) is 4.79 Å². The predicted molar refractivity (Wildman–Crippen MR) is 139 cm³/mol. The number of hydrogen-bond donors (Lipinski definition) is 0. The predicted octanol–water partition coefficient (Wildman–Crippen LogP) is 6.15. The Morgan fingerprint density at radius 1 is 1.08 bits per heavy atom. The summed E-state index contributed by atoms with van der Waals surface area (Å²) in [5.41, 5.74) is 1.86. The van der Waals surface area contributed by atoms with Crippen LogP contribution in [-0.4, -0.2) is 37.5 Å². The van der Waals surface area contributed by atoms with Crippen LogP contribution in [0.25, 0.3) is 5.69 Å². The molecule has 1 aliphatic carbocycles. The van der Waals surface area contributed by atoms with E-state index >= 15 is 0 Å². The van der Waals surface area contributed by atoms with Gasteiger partial charge >= 0.3 is 6.09 Å². The van der Waals surface area contributed by atoms with E-state index in [0.717, 1.165) is 48.5 Å². The molecule has 1 fully saturated rings. The van der Waals surface area contributed by atoms with Gasteiger partial charge in [0.15, 0.2) is 5.82 Å². The molecule has 0 atom stereocenters. The van der Waals surface area contributed by atoms with E-state index in [1.165, 1.54) is 0 Å². The van der Waals surface area contributed by atoms with Crippen molar-refractivity contribution >= 4 is 17.7 Å². The third-order valence-electron chi connectivity index (χ3n) is 6.69. The standard InChI is InChI=1S/C28H30ClN5O3/c1-28(2,3)37-27(35)33-16-20-14-21(29)9-12-24(20)34-25(17-33)31-32-26(34)19-7-10-22(11-8-19)36-23-6-4-5-18(13-23)15-30/h4-6,9,12-14,19,22H,7-8,10-11,16-17H2,1-3H3/t19-,22-. The zero-order valence-electron chi connectivity index (χ0n) is 21.3. The molecule has 0 N–H and O–H groups in total. The van der Waals surface area contributed by atoms with Crippen LogP contribution in [-0.2, 0) is 17.8 Å². The average Bonchev–Trinajstić information content (AvgIpc) is 3.19. The lowest BCUT2D eigenvalue weighted by Crippen LogP contribution is -2.35. The average molecular weight is 520 g/mol. The highest BCUT2D eigenvalue weighted by atomic mass is 35.5. The fourth-order valence-corrected chi connectivity index (χ4v) is 5.21. The van der Waals surface area contributed by atoms with Gasteiger partial charge in [-0.25, -0.2) is 4.79 Å². The second-order valence-corrected chi connectivity index (χ2v) is 11.1. The number of ether oxygens (including phenoxy) is 2. The van der Waals surface area contributed by atoms with Crippen LogP contribution in [0.3, 0.4) is 0 Å². The summed E-state index contributed by atoms with van der Waals surface area (Å²) in [4.78, 5) is 14.6. The SMILES string of the molecule is CC(C)(C)OC(=O)N1Cc2cc(Cl)ccc2-n2c(nnc2[C@H]2CC[C@H](Oc3cccc(C#N)c3)CC2)C1. The zero-order chi connectivity index (χ0) is 26.2. The molecule has 0 spiro atoms. The first kappa shape index (κ1) is 25.1. The number of hydrogen-bond acceptors (Lipinski definition) is 6. The van der Waals surface area contributed by atoms with Gasteiger partial charge in [0, 0.05) is 10.9 Å². The van der Waals surface area contributed by atoms with Gasteiger partial charge in [-0.1, -0.05) is 17.7 Å². The summed E-state index contributed by atoms with van der Waals surface area (Å²) in [5.74, 6) is 2.54. The zero-order valence-corrected chi connectivity index (χ0v) is 22.0. The monoisotopic (exact) mass is 519 g/mol. The van der Waals surface area contributed by atoms with Crippen molar-refractivity contribution in [1.82, 2.24) is 19.7 Å². The van der Waals surface area contributed by atoms with Crippen LogP contribution in [0.15, 0.2) is 42.5 Å². The molecule has 192 valence electrons. The number of aromatic nitrogens is 3. The summed E-state index contributed by atoms with van der Waals surface area (Å²) in [5, 5.41) is 18.9. The number of benzene rings is 2. The first-order valence-corrected chi connectivity index (χ1v) is 13.0. The van der Waals surface area contributed by atoms with Crippen molar-refractivity contribution in [3.63, 3.8) is 0 Å². The van der Waals surface area contributed by atoms with Crippen molar-refractivity contribution < 1.29 is 14.3 Å². The molecule has 37 heavy (non-hydrogen) atoms. The fraction of sp³-hybridized carbons (Fsp3) is 0.429. The molecule has 0 unspecified atom stereocenters. The molecule has 3 aromatic rings. The van der Waals surface area contributed by atoms with Crippen LogP contribution in [0.1, 0.15) is 75.1 Å². The maximum atomic E-state index is 13.0. The van der Waals surface area contributed by atoms with E-state index in [9.17, 15) is 4.79 Å². The molecule has 1 saturated carbocycles. The van der Waals surface area contributed by atoms with Gasteiger partial charge in [-0.2, -0.15) is 5.26 Å². The number of carbonyl (C=O) groups excluding carboxylic acids is 1. The molecule has 2 heterocycles. The Balaban J connectivity index is 1.37. The van der Waals surface area contributed by atoms with Gasteiger partial charge in [-0.05, 0) is 88.4 Å². The minimum atomic E-state index is -0.601. The van der Waals surface area contributed by atoms with Crippen molar-refractivity contribution in [3.05, 3.63) is 70.3 Å². The summed E-state index contributed by atoms with van der Waals surface area (Å²) in [6, 6.07) is 15.2. The van der Waals surface area contributed by atoms with Crippen molar-refractivity contribution in [3.8, 4) is 17.5 Å². The summed E-state index contributed by atoms with van der Waals surface area (Å²) in [6.07, 6.45) is 3.25. The molecule has 5 rings (SSSR count).